The first-order valence-electron chi connectivity index (χ1n) is 6.36. The lowest BCUT2D eigenvalue weighted by molar-refractivity contribution is -0.137. The molecule has 2 aromatic heterocycles. The van der Waals surface area contributed by atoms with Gasteiger partial charge in [0.15, 0.2) is 0 Å². The van der Waals surface area contributed by atoms with Crippen LogP contribution in [0, 0.1) is 0 Å². The van der Waals surface area contributed by atoms with Gasteiger partial charge >= 0.3 is 6.18 Å². The minimum atomic E-state index is -4.65. The first-order chi connectivity index (χ1) is 10.2. The van der Waals surface area contributed by atoms with Crippen molar-refractivity contribution in [1.29, 1.82) is 0 Å². The third-order valence-corrected chi connectivity index (χ3v) is 3.01. The third-order valence-electron chi connectivity index (χ3n) is 3.01. The molecule has 0 atom stereocenters. The molecule has 2 rings (SSSR count). The topological polar surface area (TPSA) is 79.8 Å². The van der Waals surface area contributed by atoms with Crippen LogP contribution in [-0.2, 0) is 19.6 Å². The van der Waals surface area contributed by atoms with Gasteiger partial charge < -0.3 is 10.3 Å². The van der Waals surface area contributed by atoms with Crippen LogP contribution in [0.3, 0.4) is 0 Å². The molecule has 2 heterocycles. The van der Waals surface area contributed by atoms with Crippen LogP contribution in [0.4, 0.5) is 19.0 Å². The summed E-state index contributed by atoms with van der Waals surface area (Å²) < 4.78 is 39.3. The van der Waals surface area contributed by atoms with Crippen LogP contribution in [0.1, 0.15) is 28.5 Å². The van der Waals surface area contributed by atoms with Gasteiger partial charge in [-0.2, -0.15) is 18.3 Å². The average Bonchev–Trinajstić information content (AvgIpc) is 2.78. The highest BCUT2D eigenvalue weighted by Gasteiger charge is 2.32. The number of carbonyl (C=O) groups excluding carboxylic acids is 1. The standard InChI is InChI=1S/C13H13F3N4O2/c1-3-8-5-10(20(2)19-8)18-12(22)9-4-7(13(14,15)16)6-17-11(9)21/h4-6H,3H2,1-2H3,(H,17,21)(H,18,22). The number of nitrogens with one attached hydrogen (secondary N) is 2. The van der Waals surface area contributed by atoms with Crippen molar-refractivity contribution in [2.45, 2.75) is 19.5 Å². The number of amides is 1. The van der Waals surface area contributed by atoms with E-state index in [0.717, 1.165) is 0 Å². The second-order valence-corrected chi connectivity index (χ2v) is 4.58. The Labute approximate surface area is 123 Å². The van der Waals surface area contributed by atoms with E-state index in [0.29, 0.717) is 30.2 Å². The van der Waals surface area contributed by atoms with E-state index in [1.807, 2.05) is 11.9 Å². The van der Waals surface area contributed by atoms with Gasteiger partial charge in [0.2, 0.25) is 0 Å². The fourth-order valence-electron chi connectivity index (χ4n) is 1.82. The molecule has 118 valence electrons. The van der Waals surface area contributed by atoms with Gasteiger partial charge in [-0.15, -0.1) is 0 Å². The average molecular weight is 314 g/mol. The normalized spacial score (nSPS) is 11.5. The molecule has 2 N–H and O–H groups in total. The fraction of sp³-hybridized carbons (Fsp3) is 0.308. The third kappa shape index (κ3) is 3.18. The highest BCUT2D eigenvalue weighted by Crippen LogP contribution is 2.28. The van der Waals surface area contributed by atoms with Gasteiger partial charge in [0.25, 0.3) is 11.5 Å². The number of hydrogen-bond acceptors (Lipinski definition) is 3. The molecule has 22 heavy (non-hydrogen) atoms. The van der Waals surface area contributed by atoms with Crippen LogP contribution in [-0.4, -0.2) is 20.7 Å². The molecule has 0 bridgehead atoms. The number of anilines is 1. The molecule has 0 saturated heterocycles. The Bertz CT molecular complexity index is 761. The van der Waals surface area contributed by atoms with E-state index in [1.165, 1.54) is 4.68 Å². The number of pyridine rings is 1. The quantitative estimate of drug-likeness (QED) is 0.908. The first kappa shape index (κ1) is 15.8. The molecule has 9 heteroatoms. The number of aromatic nitrogens is 3. The van der Waals surface area contributed by atoms with Crippen molar-refractivity contribution in [1.82, 2.24) is 14.8 Å². The van der Waals surface area contributed by atoms with Gasteiger partial charge in [-0.05, 0) is 12.5 Å². The summed E-state index contributed by atoms with van der Waals surface area (Å²) >= 11 is 0. The molecule has 0 aliphatic carbocycles. The predicted molar refractivity (Wildman–Crippen MR) is 72.6 cm³/mol. The molecule has 2 aromatic rings. The number of H-pyrrole nitrogens is 1. The van der Waals surface area contributed by atoms with Gasteiger partial charge in [-0.1, -0.05) is 6.92 Å². The SMILES string of the molecule is CCc1cc(NC(=O)c2cc(C(F)(F)F)c[nH]c2=O)n(C)n1. The van der Waals surface area contributed by atoms with Gasteiger partial charge in [-0.25, -0.2) is 0 Å². The van der Waals surface area contributed by atoms with E-state index in [-0.39, 0.29) is 0 Å². The van der Waals surface area contributed by atoms with Crippen molar-refractivity contribution in [3.63, 3.8) is 0 Å². The van der Waals surface area contributed by atoms with Crippen LogP contribution in [0.5, 0.6) is 0 Å². The van der Waals surface area contributed by atoms with E-state index in [2.05, 4.69) is 10.4 Å². The summed E-state index contributed by atoms with van der Waals surface area (Å²) in [6.07, 6.45) is -3.49. The Morgan fingerprint density at radius 2 is 2.09 bits per heavy atom. The zero-order chi connectivity index (χ0) is 16.5. The van der Waals surface area contributed by atoms with E-state index in [9.17, 15) is 22.8 Å². The summed E-state index contributed by atoms with van der Waals surface area (Å²) in [6.45, 7) is 1.87. The Kier molecular flexibility index (Phi) is 4.07. The zero-order valence-corrected chi connectivity index (χ0v) is 11.8. The first-order valence-corrected chi connectivity index (χ1v) is 6.36. The molecule has 0 aliphatic rings. The molecule has 0 aliphatic heterocycles. The number of aromatic amines is 1. The summed E-state index contributed by atoms with van der Waals surface area (Å²) in [5, 5.41) is 6.47. The van der Waals surface area contributed by atoms with Crippen molar-refractivity contribution in [2.75, 3.05) is 5.32 Å². The molecular weight excluding hydrogens is 301 g/mol. The summed E-state index contributed by atoms with van der Waals surface area (Å²) in [6, 6.07) is 2.10. The zero-order valence-electron chi connectivity index (χ0n) is 11.8. The van der Waals surface area contributed by atoms with Crippen molar-refractivity contribution in [3.05, 3.63) is 45.5 Å². The van der Waals surface area contributed by atoms with E-state index in [4.69, 9.17) is 0 Å². The lowest BCUT2D eigenvalue weighted by Gasteiger charge is -2.08. The maximum Gasteiger partial charge on any atom is 0.417 e. The molecule has 0 fully saturated rings. The Morgan fingerprint density at radius 3 is 2.64 bits per heavy atom. The summed E-state index contributed by atoms with van der Waals surface area (Å²) in [5.74, 6) is -0.642. The smallest absolute Gasteiger partial charge is 0.328 e. The number of carbonyl (C=O) groups is 1. The predicted octanol–water partition coefficient (Wildman–Crippen LogP) is 1.94. The summed E-state index contributed by atoms with van der Waals surface area (Å²) in [7, 11) is 1.57. The second kappa shape index (κ2) is 5.66. The maximum atomic E-state index is 12.6. The van der Waals surface area contributed by atoms with Crippen molar-refractivity contribution >= 4 is 11.7 Å². The fourth-order valence-corrected chi connectivity index (χ4v) is 1.82. The van der Waals surface area contributed by atoms with Gasteiger partial charge in [-0.3, -0.25) is 14.3 Å². The van der Waals surface area contributed by atoms with Crippen LogP contribution in [0.25, 0.3) is 0 Å². The number of halogens is 3. The number of aryl methyl sites for hydroxylation is 2. The molecule has 0 unspecified atom stereocenters. The highest BCUT2D eigenvalue weighted by molar-refractivity contribution is 6.03. The second-order valence-electron chi connectivity index (χ2n) is 4.58. The van der Waals surface area contributed by atoms with Crippen molar-refractivity contribution in [3.8, 4) is 0 Å². The Balaban J connectivity index is 2.33. The van der Waals surface area contributed by atoms with Gasteiger partial charge in [0.1, 0.15) is 11.4 Å². The van der Waals surface area contributed by atoms with Gasteiger partial charge in [0, 0.05) is 19.3 Å². The largest absolute Gasteiger partial charge is 0.417 e. The number of alkyl halides is 3. The number of rotatable bonds is 3. The molecule has 0 spiro atoms. The highest BCUT2D eigenvalue weighted by atomic mass is 19.4. The molecular formula is C13H13F3N4O2. The minimum absolute atomic E-state index is 0.290. The van der Waals surface area contributed by atoms with E-state index in [1.54, 1.807) is 13.1 Å². The minimum Gasteiger partial charge on any atom is -0.328 e. The van der Waals surface area contributed by atoms with Crippen molar-refractivity contribution < 1.29 is 18.0 Å². The number of nitrogens with zero attached hydrogens (tertiary/aromatic N) is 2. The van der Waals surface area contributed by atoms with Gasteiger partial charge in [0.05, 0.1) is 11.3 Å². The van der Waals surface area contributed by atoms with Crippen LogP contribution < -0.4 is 10.9 Å². The summed E-state index contributed by atoms with van der Waals surface area (Å²) in [4.78, 5) is 25.5. The molecule has 1 amide bonds. The lowest BCUT2D eigenvalue weighted by Crippen LogP contribution is -2.25. The Hall–Kier alpha value is -2.58. The van der Waals surface area contributed by atoms with E-state index < -0.39 is 28.8 Å². The lowest BCUT2D eigenvalue weighted by atomic mass is 10.2. The number of hydrogen-bond donors (Lipinski definition) is 2. The molecule has 0 saturated carbocycles. The Morgan fingerprint density at radius 1 is 1.41 bits per heavy atom. The molecule has 6 nitrogen and oxygen atoms in total. The van der Waals surface area contributed by atoms with Crippen molar-refractivity contribution in [2.24, 2.45) is 7.05 Å². The monoisotopic (exact) mass is 314 g/mol. The van der Waals surface area contributed by atoms with Crippen LogP contribution in [0.15, 0.2) is 23.1 Å². The van der Waals surface area contributed by atoms with Crippen LogP contribution >= 0.6 is 0 Å². The maximum absolute atomic E-state index is 12.6. The molecule has 0 radical (unpaired) electrons. The van der Waals surface area contributed by atoms with E-state index >= 15 is 0 Å². The summed E-state index contributed by atoms with van der Waals surface area (Å²) in [5.41, 5.74) is -1.91. The van der Waals surface area contributed by atoms with Crippen LogP contribution in [0.2, 0.25) is 0 Å². The molecule has 0 aromatic carbocycles.